The van der Waals surface area contributed by atoms with Gasteiger partial charge in [-0.05, 0) is 31.9 Å². The Labute approximate surface area is 135 Å². The van der Waals surface area contributed by atoms with Gasteiger partial charge in [0.15, 0.2) is 5.75 Å². The number of aliphatic hydroxyl groups excluding tert-OH is 1. The van der Waals surface area contributed by atoms with Crippen LogP contribution in [0.5, 0.6) is 5.75 Å². The molecule has 1 unspecified atom stereocenters. The Morgan fingerprint density at radius 1 is 1.33 bits per heavy atom. The Balaban J connectivity index is 1.65. The monoisotopic (exact) mass is 333 g/mol. The van der Waals surface area contributed by atoms with Crippen LogP contribution in [0.2, 0.25) is 10.0 Å². The Bertz CT molecular complexity index is 432. The maximum atomic E-state index is 9.93. The molecule has 1 aliphatic rings. The number of nitrogens with one attached hydrogen (secondary N) is 1. The molecule has 2 rings (SSSR count). The molecular formula is C15H21Cl2NO3. The van der Waals surface area contributed by atoms with Gasteiger partial charge < -0.3 is 19.9 Å². The lowest BCUT2D eigenvalue weighted by Gasteiger charge is -2.36. The third-order valence-corrected chi connectivity index (χ3v) is 4.07. The first kappa shape index (κ1) is 16.8. The second-order valence-electron chi connectivity index (χ2n) is 5.17. The Hall–Kier alpha value is -0.520. The van der Waals surface area contributed by atoms with Crippen LogP contribution in [0.15, 0.2) is 18.2 Å². The Morgan fingerprint density at radius 3 is 2.62 bits per heavy atom. The zero-order valence-electron chi connectivity index (χ0n) is 12.0. The van der Waals surface area contributed by atoms with Crippen molar-refractivity contribution in [3.63, 3.8) is 0 Å². The number of ether oxygens (including phenoxy) is 2. The molecule has 0 radical (unpaired) electrons. The smallest absolute Gasteiger partial charge is 0.156 e. The van der Waals surface area contributed by atoms with Gasteiger partial charge in [0.25, 0.3) is 0 Å². The van der Waals surface area contributed by atoms with E-state index in [0.717, 1.165) is 19.4 Å². The summed E-state index contributed by atoms with van der Waals surface area (Å²) < 4.78 is 11.0. The Morgan fingerprint density at radius 2 is 2.00 bits per heavy atom. The largest absolute Gasteiger partial charge is 0.488 e. The van der Waals surface area contributed by atoms with E-state index >= 15 is 0 Å². The van der Waals surface area contributed by atoms with Crippen LogP contribution in [0.1, 0.15) is 19.8 Å². The van der Waals surface area contributed by atoms with Crippen molar-refractivity contribution in [2.75, 3.05) is 19.8 Å². The molecule has 1 aromatic rings. The van der Waals surface area contributed by atoms with E-state index in [4.69, 9.17) is 32.7 Å². The molecule has 0 aromatic heterocycles. The van der Waals surface area contributed by atoms with Crippen LogP contribution in [0, 0.1) is 0 Å². The average Bonchev–Trinajstić information content (AvgIpc) is 2.40. The SMILES string of the molecule is CCOC1CC(NCC(O)COc2c(Cl)cccc2Cl)C1. The maximum absolute atomic E-state index is 9.93. The van der Waals surface area contributed by atoms with Gasteiger partial charge in [-0.15, -0.1) is 0 Å². The lowest BCUT2D eigenvalue weighted by molar-refractivity contribution is -0.0134. The highest BCUT2D eigenvalue weighted by molar-refractivity contribution is 6.37. The molecule has 1 atom stereocenters. The Kier molecular flexibility index (Phi) is 6.58. The first-order chi connectivity index (χ1) is 10.1. The van der Waals surface area contributed by atoms with Crippen molar-refractivity contribution in [3.05, 3.63) is 28.2 Å². The van der Waals surface area contributed by atoms with Gasteiger partial charge >= 0.3 is 0 Å². The first-order valence-electron chi connectivity index (χ1n) is 7.20. The predicted molar refractivity (Wildman–Crippen MR) is 84.4 cm³/mol. The lowest BCUT2D eigenvalue weighted by atomic mass is 9.89. The summed E-state index contributed by atoms with van der Waals surface area (Å²) in [5.74, 6) is 0.417. The van der Waals surface area contributed by atoms with Crippen LogP contribution in [0.3, 0.4) is 0 Å². The molecule has 0 bridgehead atoms. The van der Waals surface area contributed by atoms with Crippen molar-refractivity contribution in [1.82, 2.24) is 5.32 Å². The van der Waals surface area contributed by atoms with Crippen LogP contribution in [0.25, 0.3) is 0 Å². The van der Waals surface area contributed by atoms with E-state index < -0.39 is 6.10 Å². The van der Waals surface area contributed by atoms with Crippen molar-refractivity contribution >= 4 is 23.2 Å². The van der Waals surface area contributed by atoms with E-state index in [1.54, 1.807) is 18.2 Å². The molecule has 0 spiro atoms. The topological polar surface area (TPSA) is 50.7 Å². The van der Waals surface area contributed by atoms with Crippen LogP contribution in [-0.4, -0.2) is 43.1 Å². The number of aliphatic hydroxyl groups is 1. The van der Waals surface area contributed by atoms with Crippen LogP contribution in [-0.2, 0) is 4.74 Å². The number of rotatable bonds is 8. The van der Waals surface area contributed by atoms with Crippen molar-refractivity contribution in [1.29, 1.82) is 0 Å². The summed E-state index contributed by atoms with van der Waals surface area (Å²) in [6.45, 7) is 3.39. The predicted octanol–water partition coefficient (Wildman–Crippen LogP) is 2.89. The molecule has 1 saturated carbocycles. The van der Waals surface area contributed by atoms with Crippen LogP contribution < -0.4 is 10.1 Å². The van der Waals surface area contributed by atoms with E-state index in [1.807, 2.05) is 6.92 Å². The molecule has 0 amide bonds. The van der Waals surface area contributed by atoms with Gasteiger partial charge in [-0.2, -0.15) is 0 Å². The van der Waals surface area contributed by atoms with E-state index in [-0.39, 0.29) is 6.61 Å². The maximum Gasteiger partial charge on any atom is 0.156 e. The van der Waals surface area contributed by atoms with Crippen molar-refractivity contribution < 1.29 is 14.6 Å². The molecule has 0 saturated heterocycles. The number of hydrogen-bond donors (Lipinski definition) is 2. The summed E-state index contributed by atoms with van der Waals surface area (Å²) in [4.78, 5) is 0. The van der Waals surface area contributed by atoms with Crippen LogP contribution in [0.4, 0.5) is 0 Å². The van der Waals surface area contributed by atoms with Gasteiger partial charge in [0.1, 0.15) is 12.7 Å². The van der Waals surface area contributed by atoms with E-state index in [0.29, 0.717) is 34.5 Å². The molecule has 0 aliphatic heterocycles. The molecule has 1 fully saturated rings. The van der Waals surface area contributed by atoms with Gasteiger partial charge in [0, 0.05) is 19.2 Å². The zero-order valence-corrected chi connectivity index (χ0v) is 13.5. The lowest BCUT2D eigenvalue weighted by Crippen LogP contribution is -2.48. The quantitative estimate of drug-likeness (QED) is 0.768. The van der Waals surface area contributed by atoms with E-state index in [1.165, 1.54) is 0 Å². The van der Waals surface area contributed by atoms with Gasteiger partial charge in [-0.3, -0.25) is 0 Å². The molecular weight excluding hydrogens is 313 g/mol. The van der Waals surface area contributed by atoms with Crippen molar-refractivity contribution in [3.8, 4) is 5.75 Å². The molecule has 1 aromatic carbocycles. The normalized spacial score (nSPS) is 22.7. The van der Waals surface area contributed by atoms with E-state index in [9.17, 15) is 5.11 Å². The highest BCUT2D eigenvalue weighted by Gasteiger charge is 2.29. The summed E-state index contributed by atoms with van der Waals surface area (Å²) in [5, 5.41) is 14.1. The molecule has 0 heterocycles. The molecule has 21 heavy (non-hydrogen) atoms. The van der Waals surface area contributed by atoms with Crippen molar-refractivity contribution in [2.24, 2.45) is 0 Å². The second-order valence-corrected chi connectivity index (χ2v) is 5.98. The van der Waals surface area contributed by atoms with Gasteiger partial charge in [0.05, 0.1) is 16.1 Å². The minimum Gasteiger partial charge on any atom is -0.488 e. The fraction of sp³-hybridized carbons (Fsp3) is 0.600. The number of benzene rings is 1. The van der Waals surface area contributed by atoms with Gasteiger partial charge in [0.2, 0.25) is 0 Å². The highest BCUT2D eigenvalue weighted by atomic mass is 35.5. The summed E-state index contributed by atoms with van der Waals surface area (Å²) in [6, 6.07) is 5.58. The minimum absolute atomic E-state index is 0.151. The third-order valence-electron chi connectivity index (χ3n) is 3.48. The zero-order chi connectivity index (χ0) is 15.2. The van der Waals surface area contributed by atoms with Gasteiger partial charge in [-0.25, -0.2) is 0 Å². The molecule has 4 nitrogen and oxygen atoms in total. The van der Waals surface area contributed by atoms with Crippen LogP contribution >= 0.6 is 23.2 Å². The average molecular weight is 334 g/mol. The molecule has 6 heteroatoms. The number of halogens is 2. The highest BCUT2D eigenvalue weighted by Crippen LogP contribution is 2.32. The first-order valence-corrected chi connectivity index (χ1v) is 7.95. The summed E-state index contributed by atoms with van der Waals surface area (Å²) in [7, 11) is 0. The number of hydrogen-bond acceptors (Lipinski definition) is 4. The molecule has 118 valence electrons. The van der Waals surface area contributed by atoms with E-state index in [2.05, 4.69) is 5.32 Å². The molecule has 2 N–H and O–H groups in total. The number of para-hydroxylation sites is 1. The fourth-order valence-corrected chi connectivity index (χ4v) is 2.77. The summed E-state index contributed by atoms with van der Waals surface area (Å²) >= 11 is 12.0. The molecule has 1 aliphatic carbocycles. The second kappa shape index (κ2) is 8.20. The fourth-order valence-electron chi connectivity index (χ4n) is 2.27. The third kappa shape index (κ3) is 5.01. The van der Waals surface area contributed by atoms with Crippen molar-refractivity contribution in [2.45, 2.75) is 38.0 Å². The summed E-state index contributed by atoms with van der Waals surface area (Å²) in [6.07, 6.45) is 1.75. The van der Waals surface area contributed by atoms with Gasteiger partial charge in [-0.1, -0.05) is 29.3 Å². The minimum atomic E-state index is -0.608. The summed E-state index contributed by atoms with van der Waals surface area (Å²) in [5.41, 5.74) is 0. The standard InChI is InChI=1S/C15H21Cl2NO3/c1-2-20-12-6-10(7-12)18-8-11(19)9-21-15-13(16)4-3-5-14(15)17/h3-5,10-12,18-19H,2,6-9H2,1H3.